The van der Waals surface area contributed by atoms with Gasteiger partial charge in [-0.15, -0.1) is 0 Å². The van der Waals surface area contributed by atoms with E-state index in [1.54, 1.807) is 0 Å². The van der Waals surface area contributed by atoms with Gasteiger partial charge in [-0.2, -0.15) is 0 Å². The van der Waals surface area contributed by atoms with Crippen molar-refractivity contribution in [3.63, 3.8) is 0 Å². The van der Waals surface area contributed by atoms with Crippen LogP contribution in [0.1, 0.15) is 203 Å². The average molecular weight is 1350 g/mol. The van der Waals surface area contributed by atoms with Gasteiger partial charge in [0.25, 0.3) is 0 Å². The highest BCUT2D eigenvalue weighted by atomic mass is 14.9. The number of hydrogen-bond donors (Lipinski definition) is 0. The van der Waals surface area contributed by atoms with Crippen molar-refractivity contribution in [2.45, 2.75) is 202 Å². The molecule has 0 amide bonds. The predicted molar refractivity (Wildman–Crippen MR) is 452 cm³/mol. The summed E-state index contributed by atoms with van der Waals surface area (Å²) in [6, 6.07) is 69.7. The van der Waals surface area contributed by atoms with Crippen LogP contribution < -0.4 is 0 Å². The summed E-state index contributed by atoms with van der Waals surface area (Å²) in [6.07, 6.45) is 2.27. The number of hydrogen-bond acceptors (Lipinski definition) is 0. The molecule has 0 aliphatic heterocycles. The molecule has 8 heterocycles. The van der Waals surface area contributed by atoms with E-state index in [1.165, 1.54) is 218 Å². The fraction of sp³-hybridized carbons (Fsp3) is 0.320. The lowest BCUT2D eigenvalue weighted by atomic mass is 9.51. The van der Waals surface area contributed by atoms with Gasteiger partial charge in [-0.1, -0.05) is 206 Å². The topological polar surface area (TPSA) is 17.6 Å². The van der Waals surface area contributed by atoms with Crippen molar-refractivity contribution < 1.29 is 0 Å². The molecule has 1 saturated carbocycles. The smallest absolute Gasteiger partial charge is 0.0620 e. The molecule has 4 heteroatoms. The molecule has 1 aliphatic rings. The van der Waals surface area contributed by atoms with Crippen LogP contribution in [0.2, 0.25) is 0 Å². The minimum Gasteiger partial charge on any atom is -0.308 e. The van der Waals surface area contributed by atoms with Crippen molar-refractivity contribution in [3.05, 3.63) is 214 Å². The fourth-order valence-electron chi connectivity index (χ4n) is 20.4. The average Bonchev–Trinajstić information content (AvgIpc) is 1.52. The summed E-state index contributed by atoms with van der Waals surface area (Å²) in [7, 11) is 0. The third-order valence-electron chi connectivity index (χ3n) is 26.8. The summed E-state index contributed by atoms with van der Waals surface area (Å²) < 4.78 is 10.5. The SMILES string of the molecule is CC(C)(C)c1ccc2c(c1)c1cc(C(C)(C)C)cc3c4c5ccc6c(c5ccc4n2c13)c1cc(C(C)(C)C)cc2c3cc(C(C)(C)C4CC(C)(c5ccc7c(c5)c5cc(C(C)(C)C)cc8c9ccc%10c(ccc%11c%12cc(C(C)(C)C)cc%13c%14cc(C(C)(C)C)ccc%14n(c%13%12)c%11%10)c9n7c58)C4)ccc3n6c21. The molecule has 0 atom stereocenters. The third-order valence-corrected chi connectivity index (χ3v) is 26.8. The van der Waals surface area contributed by atoms with E-state index in [0.717, 1.165) is 12.8 Å². The van der Waals surface area contributed by atoms with Crippen LogP contribution in [0.25, 0.3) is 174 Å². The molecule has 20 aromatic rings. The maximum atomic E-state index is 2.67. The molecule has 0 bridgehead atoms. The second kappa shape index (κ2) is 19.3. The molecule has 0 saturated heterocycles. The summed E-state index contributed by atoms with van der Waals surface area (Å²) in [5.41, 5.74) is 26.9. The maximum absolute atomic E-state index is 2.67. The first-order chi connectivity index (χ1) is 49.0. The fourth-order valence-corrected chi connectivity index (χ4v) is 20.4. The molecule has 0 radical (unpaired) electrons. The van der Waals surface area contributed by atoms with Crippen LogP contribution in [0, 0.1) is 5.92 Å². The zero-order valence-electron chi connectivity index (χ0n) is 64.9. The van der Waals surface area contributed by atoms with Crippen LogP contribution in [-0.2, 0) is 43.3 Å². The molecule has 516 valence electrons. The Kier molecular flexibility index (Phi) is 11.6. The van der Waals surface area contributed by atoms with Gasteiger partial charge in [-0.3, -0.25) is 0 Å². The summed E-state index contributed by atoms with van der Waals surface area (Å²) in [5.74, 6) is 0.507. The summed E-state index contributed by atoms with van der Waals surface area (Å²) in [6.45, 7) is 50.2. The third kappa shape index (κ3) is 8.00. The molecule has 0 N–H and O–H groups in total. The zero-order valence-corrected chi connectivity index (χ0v) is 64.9. The van der Waals surface area contributed by atoms with Gasteiger partial charge in [-0.25, -0.2) is 0 Å². The second-order valence-corrected chi connectivity index (χ2v) is 39.9. The Morgan fingerprint density at radius 2 is 0.481 bits per heavy atom. The van der Waals surface area contributed by atoms with Gasteiger partial charge in [-0.05, 0) is 227 Å². The molecular weight excluding hydrogens is 1260 g/mol. The van der Waals surface area contributed by atoms with Crippen molar-refractivity contribution in [2.75, 3.05) is 0 Å². The zero-order chi connectivity index (χ0) is 72.2. The Labute approximate surface area is 609 Å². The first kappa shape index (κ1) is 62.9. The van der Waals surface area contributed by atoms with E-state index in [0.29, 0.717) is 5.92 Å². The largest absolute Gasteiger partial charge is 0.308 e. The van der Waals surface area contributed by atoms with E-state index >= 15 is 0 Å². The van der Waals surface area contributed by atoms with Crippen molar-refractivity contribution in [2.24, 2.45) is 5.92 Å². The molecule has 104 heavy (non-hydrogen) atoms. The Morgan fingerprint density at radius 1 is 0.231 bits per heavy atom. The van der Waals surface area contributed by atoms with Gasteiger partial charge < -0.3 is 17.6 Å². The van der Waals surface area contributed by atoms with Crippen molar-refractivity contribution in [1.29, 1.82) is 0 Å². The highest BCUT2D eigenvalue weighted by molar-refractivity contribution is 6.36. The van der Waals surface area contributed by atoms with E-state index in [2.05, 4.69) is 333 Å². The number of rotatable bonds is 3. The normalized spacial score (nSPS) is 17.0. The van der Waals surface area contributed by atoms with Crippen LogP contribution in [0.15, 0.2) is 170 Å². The van der Waals surface area contributed by atoms with E-state index in [4.69, 9.17) is 0 Å². The molecular formula is C100H96N4. The lowest BCUT2D eigenvalue weighted by molar-refractivity contribution is 0.0916. The minimum atomic E-state index is -0.0627. The van der Waals surface area contributed by atoms with Gasteiger partial charge in [0.15, 0.2) is 0 Å². The standard InChI is InChI=1S/C100H96N4/c1-93(2,3)52-22-32-79-67(38-52)75-46-58(97(13,14)15)48-77-85-61-31-37-84-86(62(61)30-36-83(85)101(79)91(75)77)78-49-59(98(16,17)18)47-76-69-40-54(24-34-80(69)102(84)92(76)78)99(19,20)60-50-100(21,51-60)55-25-35-82-70(41-55)74-45-57(96(10,11)12)43-72-66-29-26-63-64(88(66)104(82)90(72)74)27-28-65-71-42-56(95(7,8)9)44-73-68-39-53(94(4,5)6)23-33-81(68)103(87(63)65)89(71)73/h22-49,60H,50-51H2,1-21H3. The van der Waals surface area contributed by atoms with Crippen LogP contribution in [0.3, 0.4) is 0 Å². The number of fused-ring (bicyclic) bond motifs is 30. The molecule has 4 nitrogen and oxygen atoms in total. The Hall–Kier alpha value is -9.64. The van der Waals surface area contributed by atoms with Gasteiger partial charge in [0.1, 0.15) is 0 Å². The van der Waals surface area contributed by atoms with Gasteiger partial charge in [0.2, 0.25) is 0 Å². The first-order valence-corrected chi connectivity index (χ1v) is 38.7. The van der Waals surface area contributed by atoms with Gasteiger partial charge in [0, 0.05) is 97.0 Å². The maximum Gasteiger partial charge on any atom is 0.0620 e. The summed E-state index contributed by atoms with van der Waals surface area (Å²) in [5, 5.41) is 27.0. The van der Waals surface area contributed by atoms with E-state index in [1.807, 2.05) is 0 Å². The van der Waals surface area contributed by atoms with Crippen LogP contribution in [-0.4, -0.2) is 17.6 Å². The highest BCUT2D eigenvalue weighted by Gasteiger charge is 2.49. The quantitative estimate of drug-likeness (QED) is 0.168. The molecule has 0 unspecified atom stereocenters. The van der Waals surface area contributed by atoms with E-state index in [9.17, 15) is 0 Å². The minimum absolute atomic E-state index is 0.00435. The number of nitrogens with zero attached hydrogens (tertiary/aromatic N) is 4. The Bertz CT molecular complexity index is 7230. The number of aromatic nitrogens is 4. The van der Waals surface area contributed by atoms with Crippen LogP contribution in [0.4, 0.5) is 0 Å². The van der Waals surface area contributed by atoms with Gasteiger partial charge >= 0.3 is 0 Å². The lowest BCUT2D eigenvalue weighted by Crippen LogP contribution is -2.47. The van der Waals surface area contributed by atoms with Crippen molar-refractivity contribution >= 4 is 174 Å². The second-order valence-electron chi connectivity index (χ2n) is 39.9. The van der Waals surface area contributed by atoms with Crippen molar-refractivity contribution in [1.82, 2.24) is 17.6 Å². The monoisotopic (exact) mass is 1350 g/mol. The molecule has 21 rings (SSSR count). The molecule has 12 aromatic carbocycles. The van der Waals surface area contributed by atoms with E-state index < -0.39 is 0 Å². The molecule has 1 aliphatic carbocycles. The Morgan fingerprint density at radius 3 is 0.846 bits per heavy atom. The summed E-state index contributed by atoms with van der Waals surface area (Å²) in [4.78, 5) is 0. The first-order valence-electron chi connectivity index (χ1n) is 38.7. The van der Waals surface area contributed by atoms with Gasteiger partial charge in [0.05, 0.1) is 66.2 Å². The predicted octanol–water partition coefficient (Wildman–Crippen LogP) is 28.0. The molecule has 8 aromatic heterocycles. The van der Waals surface area contributed by atoms with Crippen molar-refractivity contribution in [3.8, 4) is 0 Å². The van der Waals surface area contributed by atoms with Crippen LogP contribution in [0.5, 0.6) is 0 Å². The highest BCUT2D eigenvalue weighted by Crippen LogP contribution is 2.58. The molecule has 1 fully saturated rings. The van der Waals surface area contributed by atoms with Crippen LogP contribution >= 0.6 is 0 Å². The van der Waals surface area contributed by atoms with E-state index in [-0.39, 0.29) is 43.3 Å². The molecule has 0 spiro atoms. The lowest BCUT2D eigenvalue weighted by Gasteiger charge is -2.53. The Balaban J connectivity index is 0.684. The summed E-state index contributed by atoms with van der Waals surface area (Å²) >= 11 is 0. The number of benzene rings is 12.